The monoisotopic (exact) mass is 313 g/mol. The van der Waals surface area contributed by atoms with E-state index in [1.807, 2.05) is 24.3 Å². The highest BCUT2D eigenvalue weighted by Crippen LogP contribution is 2.25. The average molecular weight is 314 g/mol. The lowest BCUT2D eigenvalue weighted by atomic mass is 9.84. The molecule has 1 N–H and O–H groups in total. The van der Waals surface area contributed by atoms with Crippen molar-refractivity contribution in [2.75, 3.05) is 19.7 Å². The molecule has 0 radical (unpaired) electrons. The number of halogens is 1. The summed E-state index contributed by atoms with van der Waals surface area (Å²) in [6.07, 6.45) is 2.24. The normalized spacial score (nSPS) is 14.2. The molecule has 2 nitrogen and oxygen atoms in total. The van der Waals surface area contributed by atoms with Crippen LogP contribution in [0, 0.1) is 5.41 Å². The Morgan fingerprint density at radius 3 is 2.72 bits per heavy atom. The van der Waals surface area contributed by atoms with Gasteiger partial charge in [0.05, 0.1) is 6.61 Å². The van der Waals surface area contributed by atoms with Crippen LogP contribution in [0.3, 0.4) is 0 Å². The molecule has 0 heterocycles. The van der Waals surface area contributed by atoms with Gasteiger partial charge in [0.1, 0.15) is 5.75 Å². The summed E-state index contributed by atoms with van der Waals surface area (Å²) in [6.45, 7) is 9.57. The fourth-order valence-electron chi connectivity index (χ4n) is 1.79. The quantitative estimate of drug-likeness (QED) is 0.775. The molecule has 0 bridgehead atoms. The lowest BCUT2D eigenvalue weighted by Crippen LogP contribution is -2.32. The molecule has 3 heteroatoms. The van der Waals surface area contributed by atoms with E-state index >= 15 is 0 Å². The third-order valence-corrected chi connectivity index (χ3v) is 3.92. The number of hydrogen-bond acceptors (Lipinski definition) is 2. The van der Waals surface area contributed by atoms with Gasteiger partial charge in [0.25, 0.3) is 0 Å². The number of benzene rings is 1. The second kappa shape index (κ2) is 7.80. The van der Waals surface area contributed by atoms with E-state index in [-0.39, 0.29) is 0 Å². The molecule has 1 aromatic rings. The maximum absolute atomic E-state index is 5.81. The molecule has 0 spiro atoms. The van der Waals surface area contributed by atoms with Crippen LogP contribution in [0.1, 0.15) is 33.6 Å². The molecular formula is C15H24BrNO. The Hall–Kier alpha value is -0.540. The van der Waals surface area contributed by atoms with Crippen molar-refractivity contribution in [3.63, 3.8) is 0 Å². The van der Waals surface area contributed by atoms with Gasteiger partial charge in [-0.3, -0.25) is 0 Å². The van der Waals surface area contributed by atoms with Gasteiger partial charge >= 0.3 is 0 Å². The number of ether oxygens (including phenoxy) is 1. The smallest absolute Gasteiger partial charge is 0.120 e. The van der Waals surface area contributed by atoms with Crippen molar-refractivity contribution in [3.05, 3.63) is 28.7 Å². The molecule has 0 saturated heterocycles. The molecule has 1 rings (SSSR count). The fourth-order valence-corrected chi connectivity index (χ4v) is 2.17. The summed E-state index contributed by atoms with van der Waals surface area (Å²) < 4.78 is 6.87. The van der Waals surface area contributed by atoms with Crippen LogP contribution in [0.2, 0.25) is 0 Å². The molecule has 0 aliphatic rings. The SMILES string of the molecule is CCNCC(C)(CC)CCOc1cccc(Br)c1. The summed E-state index contributed by atoms with van der Waals surface area (Å²) >= 11 is 3.45. The zero-order chi connectivity index (χ0) is 13.4. The summed E-state index contributed by atoms with van der Waals surface area (Å²) in [6, 6.07) is 8.01. The van der Waals surface area contributed by atoms with Gasteiger partial charge in [0.2, 0.25) is 0 Å². The van der Waals surface area contributed by atoms with Gasteiger partial charge in [0, 0.05) is 11.0 Å². The molecule has 1 unspecified atom stereocenters. The largest absolute Gasteiger partial charge is 0.494 e. The van der Waals surface area contributed by atoms with E-state index in [2.05, 4.69) is 42.0 Å². The number of hydrogen-bond donors (Lipinski definition) is 1. The third-order valence-electron chi connectivity index (χ3n) is 3.43. The van der Waals surface area contributed by atoms with Crippen LogP contribution >= 0.6 is 15.9 Å². The van der Waals surface area contributed by atoms with Crippen LogP contribution < -0.4 is 10.1 Å². The van der Waals surface area contributed by atoms with E-state index < -0.39 is 0 Å². The summed E-state index contributed by atoms with van der Waals surface area (Å²) in [5.74, 6) is 0.936. The van der Waals surface area contributed by atoms with Gasteiger partial charge in [-0.05, 0) is 43.0 Å². The Morgan fingerprint density at radius 2 is 2.11 bits per heavy atom. The van der Waals surface area contributed by atoms with Gasteiger partial charge < -0.3 is 10.1 Å². The van der Waals surface area contributed by atoms with Crippen molar-refractivity contribution in [1.82, 2.24) is 5.32 Å². The summed E-state index contributed by atoms with van der Waals surface area (Å²) in [5, 5.41) is 3.43. The predicted molar refractivity (Wildman–Crippen MR) is 81.2 cm³/mol. The van der Waals surface area contributed by atoms with E-state index in [0.29, 0.717) is 5.41 Å². The van der Waals surface area contributed by atoms with Crippen LogP contribution in [-0.2, 0) is 0 Å². The molecule has 1 aromatic carbocycles. The van der Waals surface area contributed by atoms with Gasteiger partial charge in [0.15, 0.2) is 0 Å². The minimum absolute atomic E-state index is 0.321. The number of rotatable bonds is 8. The Labute approximate surface area is 119 Å². The Kier molecular flexibility index (Phi) is 6.72. The lowest BCUT2D eigenvalue weighted by molar-refractivity contribution is 0.201. The fraction of sp³-hybridized carbons (Fsp3) is 0.600. The topological polar surface area (TPSA) is 21.3 Å². The Bertz CT molecular complexity index is 356. The lowest BCUT2D eigenvalue weighted by Gasteiger charge is -2.28. The maximum Gasteiger partial charge on any atom is 0.120 e. The van der Waals surface area contributed by atoms with Crippen molar-refractivity contribution < 1.29 is 4.74 Å². The molecule has 0 fully saturated rings. The maximum atomic E-state index is 5.81. The molecule has 1 atom stereocenters. The van der Waals surface area contributed by atoms with E-state index in [9.17, 15) is 0 Å². The molecule has 18 heavy (non-hydrogen) atoms. The number of nitrogens with one attached hydrogen (secondary N) is 1. The molecule has 0 aromatic heterocycles. The highest BCUT2D eigenvalue weighted by molar-refractivity contribution is 9.10. The summed E-state index contributed by atoms with van der Waals surface area (Å²) in [5.41, 5.74) is 0.321. The Balaban J connectivity index is 2.39. The first-order chi connectivity index (χ1) is 8.59. The Morgan fingerprint density at radius 1 is 1.33 bits per heavy atom. The van der Waals surface area contributed by atoms with Gasteiger partial charge in [-0.1, -0.05) is 42.8 Å². The van der Waals surface area contributed by atoms with Crippen molar-refractivity contribution in [2.24, 2.45) is 5.41 Å². The van der Waals surface area contributed by atoms with Crippen LogP contribution in [0.5, 0.6) is 5.75 Å². The average Bonchev–Trinajstić information content (AvgIpc) is 2.36. The van der Waals surface area contributed by atoms with Gasteiger partial charge in [-0.25, -0.2) is 0 Å². The summed E-state index contributed by atoms with van der Waals surface area (Å²) in [4.78, 5) is 0. The van der Waals surface area contributed by atoms with Crippen molar-refractivity contribution in [3.8, 4) is 5.75 Å². The highest BCUT2D eigenvalue weighted by atomic mass is 79.9. The molecule has 0 saturated carbocycles. The molecule has 0 amide bonds. The minimum Gasteiger partial charge on any atom is -0.494 e. The first kappa shape index (κ1) is 15.5. The second-order valence-electron chi connectivity index (χ2n) is 5.00. The van der Waals surface area contributed by atoms with E-state index in [1.54, 1.807) is 0 Å². The summed E-state index contributed by atoms with van der Waals surface area (Å²) in [7, 11) is 0. The minimum atomic E-state index is 0.321. The van der Waals surface area contributed by atoms with Crippen LogP contribution in [-0.4, -0.2) is 19.7 Å². The van der Waals surface area contributed by atoms with E-state index in [4.69, 9.17) is 4.74 Å². The van der Waals surface area contributed by atoms with Crippen LogP contribution in [0.15, 0.2) is 28.7 Å². The van der Waals surface area contributed by atoms with Gasteiger partial charge in [-0.15, -0.1) is 0 Å². The predicted octanol–water partition coefficient (Wildman–Crippen LogP) is 4.24. The third kappa shape index (κ3) is 5.40. The molecular weight excluding hydrogens is 290 g/mol. The second-order valence-corrected chi connectivity index (χ2v) is 5.92. The molecule has 0 aliphatic heterocycles. The van der Waals surface area contributed by atoms with E-state index in [1.165, 1.54) is 6.42 Å². The van der Waals surface area contributed by atoms with Crippen LogP contribution in [0.25, 0.3) is 0 Å². The van der Waals surface area contributed by atoms with Gasteiger partial charge in [-0.2, -0.15) is 0 Å². The van der Waals surface area contributed by atoms with Crippen molar-refractivity contribution >= 4 is 15.9 Å². The van der Waals surface area contributed by atoms with E-state index in [0.717, 1.165) is 36.3 Å². The first-order valence-corrected chi connectivity index (χ1v) is 7.48. The highest BCUT2D eigenvalue weighted by Gasteiger charge is 2.21. The zero-order valence-corrected chi connectivity index (χ0v) is 13.2. The van der Waals surface area contributed by atoms with Crippen LogP contribution in [0.4, 0.5) is 0 Å². The van der Waals surface area contributed by atoms with Crippen molar-refractivity contribution in [2.45, 2.75) is 33.6 Å². The standard InChI is InChI=1S/C15H24BrNO/c1-4-15(3,12-17-5-2)9-10-18-14-8-6-7-13(16)11-14/h6-8,11,17H,4-5,9-10,12H2,1-3H3. The van der Waals surface area contributed by atoms with Crippen molar-refractivity contribution in [1.29, 1.82) is 0 Å². The molecule has 102 valence electrons. The zero-order valence-electron chi connectivity index (χ0n) is 11.6. The first-order valence-electron chi connectivity index (χ1n) is 6.69. The molecule has 0 aliphatic carbocycles.